The van der Waals surface area contributed by atoms with Crippen LogP contribution in [0, 0.1) is 31.1 Å². The minimum Gasteiger partial charge on any atom is -0.292 e. The van der Waals surface area contributed by atoms with Crippen LogP contribution in [0.1, 0.15) is 31.2 Å². The molecule has 128 valence electrons. The molecule has 0 aliphatic carbocycles. The number of nitrogens with zero attached hydrogens (tertiary/aromatic N) is 3. The second-order valence-corrected chi connectivity index (χ2v) is 8.04. The number of rotatable bonds is 4. The number of thiophene rings is 1. The Labute approximate surface area is 157 Å². The Morgan fingerprint density at radius 1 is 1.15 bits per heavy atom. The summed E-state index contributed by atoms with van der Waals surface area (Å²) in [5, 5.41) is 11.4. The number of nitriles is 1. The standard InChI is InChI=1S/C19H13N3O2S2/c1-10-5-11(2)7-12(6-10)16(23)13(9-20)17(24)15-8-14-18(26-15)21-19-22(14)3-4-25-19/h3-8,13H,1-2H3/t13-/m0/s1. The fourth-order valence-electron chi connectivity index (χ4n) is 3.03. The van der Waals surface area contributed by atoms with E-state index < -0.39 is 17.5 Å². The molecule has 1 aromatic carbocycles. The van der Waals surface area contributed by atoms with E-state index in [1.165, 1.54) is 22.7 Å². The number of aromatic nitrogens is 2. The van der Waals surface area contributed by atoms with Crippen molar-refractivity contribution < 1.29 is 9.59 Å². The number of hydrogen-bond acceptors (Lipinski definition) is 6. The van der Waals surface area contributed by atoms with Crippen LogP contribution >= 0.6 is 22.7 Å². The van der Waals surface area contributed by atoms with Gasteiger partial charge in [-0.1, -0.05) is 17.2 Å². The van der Waals surface area contributed by atoms with Crippen LogP contribution in [0.3, 0.4) is 0 Å². The van der Waals surface area contributed by atoms with Crippen LogP contribution in [-0.4, -0.2) is 21.0 Å². The number of fused-ring (bicyclic) bond motifs is 3. The molecule has 0 saturated carbocycles. The van der Waals surface area contributed by atoms with Crippen molar-refractivity contribution >= 4 is 49.5 Å². The van der Waals surface area contributed by atoms with Crippen LogP contribution in [0.15, 0.2) is 35.8 Å². The Balaban J connectivity index is 1.71. The van der Waals surface area contributed by atoms with Gasteiger partial charge in [0.2, 0.25) is 0 Å². The summed E-state index contributed by atoms with van der Waals surface area (Å²) in [5.74, 6) is -2.27. The summed E-state index contributed by atoms with van der Waals surface area (Å²) in [4.78, 5) is 32.0. The van der Waals surface area contributed by atoms with Crippen molar-refractivity contribution in [1.29, 1.82) is 5.26 Å². The number of aryl methyl sites for hydroxylation is 2. The second-order valence-electron chi connectivity index (χ2n) is 6.14. The van der Waals surface area contributed by atoms with Gasteiger partial charge in [0, 0.05) is 17.1 Å². The molecule has 26 heavy (non-hydrogen) atoms. The lowest BCUT2D eigenvalue weighted by molar-refractivity contribution is 0.0848. The van der Waals surface area contributed by atoms with Gasteiger partial charge in [0.1, 0.15) is 4.83 Å². The van der Waals surface area contributed by atoms with Crippen LogP contribution in [0.25, 0.3) is 15.3 Å². The normalized spacial score (nSPS) is 12.3. The molecule has 0 saturated heterocycles. The Kier molecular flexibility index (Phi) is 3.94. The molecule has 0 N–H and O–H groups in total. The monoisotopic (exact) mass is 379 g/mol. The lowest BCUT2D eigenvalue weighted by atomic mass is 9.92. The zero-order valence-electron chi connectivity index (χ0n) is 14.0. The molecular weight excluding hydrogens is 366 g/mol. The molecule has 4 aromatic rings. The van der Waals surface area contributed by atoms with E-state index >= 15 is 0 Å². The van der Waals surface area contributed by atoms with E-state index in [1.54, 1.807) is 18.2 Å². The smallest absolute Gasteiger partial charge is 0.197 e. The Hall–Kier alpha value is -2.82. The number of ketones is 2. The third kappa shape index (κ3) is 2.64. The maximum absolute atomic E-state index is 12.8. The molecule has 0 fully saturated rings. The first-order valence-corrected chi connectivity index (χ1v) is 9.59. The number of imidazole rings is 1. The van der Waals surface area contributed by atoms with Crippen LogP contribution < -0.4 is 0 Å². The van der Waals surface area contributed by atoms with Crippen molar-refractivity contribution in [3.05, 3.63) is 57.4 Å². The molecule has 5 nitrogen and oxygen atoms in total. The lowest BCUT2D eigenvalue weighted by Gasteiger charge is -2.08. The van der Waals surface area contributed by atoms with Gasteiger partial charge in [-0.3, -0.25) is 14.0 Å². The van der Waals surface area contributed by atoms with Crippen LogP contribution in [-0.2, 0) is 0 Å². The van der Waals surface area contributed by atoms with Crippen molar-refractivity contribution in [2.75, 3.05) is 0 Å². The molecule has 0 spiro atoms. The van der Waals surface area contributed by atoms with Crippen molar-refractivity contribution in [3.8, 4) is 6.07 Å². The molecule has 0 unspecified atom stereocenters. The first kappa shape index (κ1) is 16.6. The number of benzene rings is 1. The van der Waals surface area contributed by atoms with Gasteiger partial charge >= 0.3 is 0 Å². The van der Waals surface area contributed by atoms with Gasteiger partial charge < -0.3 is 0 Å². The van der Waals surface area contributed by atoms with Crippen molar-refractivity contribution in [2.45, 2.75) is 13.8 Å². The summed E-state index contributed by atoms with van der Waals surface area (Å²) in [5.41, 5.74) is 3.07. The van der Waals surface area contributed by atoms with Gasteiger partial charge in [0.25, 0.3) is 0 Å². The minimum absolute atomic E-state index is 0.382. The topological polar surface area (TPSA) is 75.2 Å². The molecule has 0 radical (unpaired) electrons. The zero-order chi connectivity index (χ0) is 18.4. The minimum atomic E-state index is -1.35. The van der Waals surface area contributed by atoms with Crippen molar-refractivity contribution in [3.63, 3.8) is 0 Å². The predicted octanol–water partition coefficient (Wildman–Crippen LogP) is 4.43. The van der Waals surface area contributed by atoms with E-state index in [2.05, 4.69) is 4.98 Å². The fourth-order valence-corrected chi connectivity index (χ4v) is 4.80. The quantitative estimate of drug-likeness (QED) is 0.388. The largest absolute Gasteiger partial charge is 0.292 e. The SMILES string of the molecule is Cc1cc(C)cc(C(=O)[C@H](C#N)C(=O)c2cc3c(nc4sccn43)s2)c1. The van der Waals surface area contributed by atoms with Gasteiger partial charge in [-0.05, 0) is 32.0 Å². The van der Waals surface area contributed by atoms with E-state index in [0.717, 1.165) is 26.4 Å². The average Bonchev–Trinajstić information content (AvgIpc) is 3.26. The molecule has 4 rings (SSSR count). The third-order valence-corrected chi connectivity index (χ3v) is 5.93. The first-order chi connectivity index (χ1) is 12.5. The number of thiazole rings is 1. The predicted molar refractivity (Wildman–Crippen MR) is 102 cm³/mol. The van der Waals surface area contributed by atoms with E-state index in [0.29, 0.717) is 10.4 Å². The number of carbonyl (C=O) groups excluding carboxylic acids is 2. The lowest BCUT2D eigenvalue weighted by Crippen LogP contribution is -2.22. The number of hydrogen-bond donors (Lipinski definition) is 0. The maximum Gasteiger partial charge on any atom is 0.197 e. The summed E-state index contributed by atoms with van der Waals surface area (Å²) >= 11 is 2.73. The Morgan fingerprint density at radius 3 is 2.58 bits per heavy atom. The Morgan fingerprint density at radius 2 is 1.88 bits per heavy atom. The molecule has 1 atom stereocenters. The molecule has 0 amide bonds. The highest BCUT2D eigenvalue weighted by Gasteiger charge is 2.30. The van der Waals surface area contributed by atoms with Gasteiger partial charge in [-0.25, -0.2) is 4.98 Å². The highest BCUT2D eigenvalue weighted by molar-refractivity contribution is 7.21. The van der Waals surface area contributed by atoms with Crippen molar-refractivity contribution in [1.82, 2.24) is 9.38 Å². The maximum atomic E-state index is 12.8. The molecule has 3 aromatic heterocycles. The summed E-state index contributed by atoms with van der Waals surface area (Å²) < 4.78 is 1.90. The summed E-state index contributed by atoms with van der Waals surface area (Å²) in [6.07, 6.45) is 1.89. The average molecular weight is 379 g/mol. The Bertz CT molecular complexity index is 1200. The van der Waals surface area contributed by atoms with Crippen LogP contribution in [0.4, 0.5) is 0 Å². The number of carbonyl (C=O) groups is 2. The van der Waals surface area contributed by atoms with Gasteiger partial charge in [-0.15, -0.1) is 22.7 Å². The molecule has 0 bridgehead atoms. The first-order valence-electron chi connectivity index (χ1n) is 7.89. The molecule has 0 aliphatic rings. The fraction of sp³-hybridized carbons (Fsp3) is 0.158. The van der Waals surface area contributed by atoms with Crippen molar-refractivity contribution in [2.24, 2.45) is 5.92 Å². The van der Waals surface area contributed by atoms with Gasteiger partial charge in [-0.2, -0.15) is 5.26 Å². The summed E-state index contributed by atoms with van der Waals surface area (Å²) in [6, 6.07) is 8.98. The number of Topliss-reactive ketones (excluding diaryl/α,β-unsaturated/α-hetero) is 2. The highest BCUT2D eigenvalue weighted by Crippen LogP contribution is 2.30. The molecule has 3 heterocycles. The van der Waals surface area contributed by atoms with Crippen LogP contribution in [0.2, 0.25) is 0 Å². The summed E-state index contributed by atoms with van der Waals surface area (Å²) in [7, 11) is 0. The molecule has 7 heteroatoms. The third-order valence-electron chi connectivity index (χ3n) is 4.14. The second kappa shape index (κ2) is 6.16. The highest BCUT2D eigenvalue weighted by atomic mass is 32.1. The van der Waals surface area contributed by atoms with Crippen LogP contribution in [0.5, 0.6) is 0 Å². The molecule has 0 aliphatic heterocycles. The van der Waals surface area contributed by atoms with E-state index in [9.17, 15) is 14.9 Å². The van der Waals surface area contributed by atoms with E-state index in [4.69, 9.17) is 0 Å². The zero-order valence-corrected chi connectivity index (χ0v) is 15.6. The summed E-state index contributed by atoms with van der Waals surface area (Å²) in [6.45, 7) is 3.77. The molecular formula is C19H13N3O2S2. The van der Waals surface area contributed by atoms with E-state index in [-0.39, 0.29) is 0 Å². The van der Waals surface area contributed by atoms with Gasteiger partial charge in [0.15, 0.2) is 22.4 Å². The van der Waals surface area contributed by atoms with E-state index in [1.807, 2.05) is 42.0 Å². The van der Waals surface area contributed by atoms with Gasteiger partial charge in [0.05, 0.1) is 16.5 Å².